The average Bonchev–Trinajstić information content (AvgIpc) is 2.32. The van der Waals surface area contributed by atoms with Crippen LogP contribution in [0.3, 0.4) is 0 Å². The molecule has 0 spiro atoms. The van der Waals surface area contributed by atoms with Gasteiger partial charge in [-0.25, -0.2) is 0 Å². The van der Waals surface area contributed by atoms with E-state index >= 15 is 0 Å². The Hall–Kier alpha value is -1.96. The van der Waals surface area contributed by atoms with E-state index in [1.807, 2.05) is 48.7 Å². The molecule has 15 heavy (non-hydrogen) atoms. The molecule has 0 atom stereocenters. The Kier molecular flexibility index (Phi) is 3.23. The summed E-state index contributed by atoms with van der Waals surface area (Å²) in [6.07, 6.45) is 5.46. The van der Waals surface area contributed by atoms with E-state index in [4.69, 9.17) is 0 Å². The van der Waals surface area contributed by atoms with Crippen molar-refractivity contribution in [1.82, 2.24) is 4.98 Å². The molecule has 2 heteroatoms. The molecule has 1 heterocycles. The minimum absolute atomic E-state index is 0.706. The molecule has 0 N–H and O–H groups in total. The van der Waals surface area contributed by atoms with Crippen LogP contribution in [0, 0.1) is 0 Å². The van der Waals surface area contributed by atoms with Crippen molar-refractivity contribution in [2.75, 3.05) is 0 Å². The summed E-state index contributed by atoms with van der Waals surface area (Å²) in [5, 5.41) is 0. The molecule has 0 fully saturated rings. The number of aromatic nitrogens is 1. The summed E-state index contributed by atoms with van der Waals surface area (Å²) in [6.45, 7) is 0.706. The smallest absolute Gasteiger partial charge is 0.0641 e. The van der Waals surface area contributed by atoms with E-state index in [0.717, 1.165) is 5.56 Å². The lowest BCUT2D eigenvalue weighted by Crippen LogP contribution is -1.84. The molecule has 0 aliphatic rings. The minimum atomic E-state index is 0.706. The van der Waals surface area contributed by atoms with E-state index in [9.17, 15) is 0 Å². The number of hydrogen-bond donors (Lipinski definition) is 0. The highest BCUT2D eigenvalue weighted by molar-refractivity contribution is 5.79. The molecule has 74 valence electrons. The maximum absolute atomic E-state index is 4.36. The van der Waals surface area contributed by atoms with Crippen molar-refractivity contribution in [3.05, 3.63) is 66.0 Å². The van der Waals surface area contributed by atoms with Crippen molar-refractivity contribution < 1.29 is 0 Å². The van der Waals surface area contributed by atoms with Crippen molar-refractivity contribution >= 4 is 6.21 Å². The van der Waals surface area contributed by atoms with Crippen LogP contribution in [0.4, 0.5) is 0 Å². The molecule has 0 amide bonds. The van der Waals surface area contributed by atoms with Gasteiger partial charge < -0.3 is 0 Å². The zero-order valence-electron chi connectivity index (χ0n) is 8.38. The predicted octanol–water partition coefficient (Wildman–Crippen LogP) is 2.70. The van der Waals surface area contributed by atoms with E-state index in [1.54, 1.807) is 12.4 Å². The molecule has 2 nitrogen and oxygen atoms in total. The van der Waals surface area contributed by atoms with Crippen LogP contribution in [0.15, 0.2) is 59.9 Å². The van der Waals surface area contributed by atoms with Gasteiger partial charge >= 0.3 is 0 Å². The van der Waals surface area contributed by atoms with Crippen LogP contribution >= 0.6 is 0 Å². The summed E-state index contributed by atoms with van der Waals surface area (Å²) >= 11 is 0. The quantitative estimate of drug-likeness (QED) is 0.693. The van der Waals surface area contributed by atoms with Gasteiger partial charge in [0.2, 0.25) is 0 Å². The molecule has 0 unspecified atom stereocenters. The molecule has 2 rings (SSSR count). The standard InChI is InChI=1S/C13H12N2/c1-2-4-12(5-3-1)10-15-11-13-6-8-14-9-7-13/h1-10H,11H2. The van der Waals surface area contributed by atoms with Crippen LogP contribution in [0.25, 0.3) is 0 Å². The average molecular weight is 196 g/mol. The molecule has 0 bridgehead atoms. The summed E-state index contributed by atoms with van der Waals surface area (Å²) in [5.74, 6) is 0. The van der Waals surface area contributed by atoms with Crippen molar-refractivity contribution in [3.63, 3.8) is 0 Å². The Morgan fingerprint density at radius 1 is 1.00 bits per heavy atom. The highest BCUT2D eigenvalue weighted by Crippen LogP contribution is 1.99. The Balaban J connectivity index is 1.97. The molecule has 1 aromatic carbocycles. The number of benzene rings is 1. The highest BCUT2D eigenvalue weighted by Gasteiger charge is 1.87. The first-order valence-corrected chi connectivity index (χ1v) is 4.89. The number of hydrogen-bond acceptors (Lipinski definition) is 2. The molecule has 1 aromatic heterocycles. The fourth-order valence-corrected chi connectivity index (χ4v) is 1.28. The van der Waals surface area contributed by atoms with Crippen LogP contribution in [0.2, 0.25) is 0 Å². The van der Waals surface area contributed by atoms with Crippen molar-refractivity contribution in [2.24, 2.45) is 4.99 Å². The Morgan fingerprint density at radius 3 is 2.47 bits per heavy atom. The van der Waals surface area contributed by atoms with Gasteiger partial charge in [0.25, 0.3) is 0 Å². The van der Waals surface area contributed by atoms with Crippen molar-refractivity contribution in [2.45, 2.75) is 6.54 Å². The first kappa shape index (κ1) is 9.59. The summed E-state index contributed by atoms with van der Waals surface area (Å²) < 4.78 is 0. The molecule has 0 radical (unpaired) electrons. The Labute approximate surface area is 89.3 Å². The second-order valence-corrected chi connectivity index (χ2v) is 3.24. The van der Waals surface area contributed by atoms with Gasteiger partial charge in [-0.2, -0.15) is 0 Å². The normalized spacial score (nSPS) is 10.7. The summed E-state index contributed by atoms with van der Waals surface area (Å²) in [6, 6.07) is 14.0. The second kappa shape index (κ2) is 5.05. The van der Waals surface area contributed by atoms with Crippen LogP contribution in [0.1, 0.15) is 11.1 Å². The van der Waals surface area contributed by atoms with Gasteiger partial charge in [0.05, 0.1) is 6.54 Å². The predicted molar refractivity (Wildman–Crippen MR) is 62.0 cm³/mol. The number of aliphatic imine (C=N–C) groups is 1. The van der Waals surface area contributed by atoms with Gasteiger partial charge in [0, 0.05) is 18.6 Å². The SMILES string of the molecule is C(=NCc1ccncc1)c1ccccc1. The number of pyridine rings is 1. The van der Waals surface area contributed by atoms with Crippen molar-refractivity contribution in [1.29, 1.82) is 0 Å². The molecule has 0 aliphatic heterocycles. The monoisotopic (exact) mass is 196 g/mol. The zero-order valence-corrected chi connectivity index (χ0v) is 8.38. The first-order valence-electron chi connectivity index (χ1n) is 4.89. The van der Waals surface area contributed by atoms with Gasteiger partial charge in [-0.15, -0.1) is 0 Å². The third kappa shape index (κ3) is 3.02. The van der Waals surface area contributed by atoms with E-state index in [-0.39, 0.29) is 0 Å². The van der Waals surface area contributed by atoms with Gasteiger partial charge in [0.15, 0.2) is 0 Å². The second-order valence-electron chi connectivity index (χ2n) is 3.24. The third-order valence-electron chi connectivity index (χ3n) is 2.06. The Bertz CT molecular complexity index is 421. The maximum atomic E-state index is 4.36. The van der Waals surface area contributed by atoms with Gasteiger partial charge in [0.1, 0.15) is 0 Å². The third-order valence-corrected chi connectivity index (χ3v) is 2.06. The van der Waals surface area contributed by atoms with E-state index in [2.05, 4.69) is 9.98 Å². The van der Waals surface area contributed by atoms with Gasteiger partial charge in [-0.3, -0.25) is 9.98 Å². The van der Waals surface area contributed by atoms with Crippen LogP contribution < -0.4 is 0 Å². The molecule has 0 saturated heterocycles. The molecule has 2 aromatic rings. The number of nitrogens with zero attached hydrogens (tertiary/aromatic N) is 2. The molecule has 0 aliphatic carbocycles. The summed E-state index contributed by atoms with van der Waals surface area (Å²) in [4.78, 5) is 8.32. The van der Waals surface area contributed by atoms with Crippen molar-refractivity contribution in [3.8, 4) is 0 Å². The summed E-state index contributed by atoms with van der Waals surface area (Å²) in [5.41, 5.74) is 2.31. The van der Waals surface area contributed by atoms with Crippen LogP contribution in [0.5, 0.6) is 0 Å². The van der Waals surface area contributed by atoms with Gasteiger partial charge in [-0.05, 0) is 23.3 Å². The van der Waals surface area contributed by atoms with E-state index in [1.165, 1.54) is 5.56 Å². The fourth-order valence-electron chi connectivity index (χ4n) is 1.28. The lowest BCUT2D eigenvalue weighted by Gasteiger charge is -1.94. The van der Waals surface area contributed by atoms with Crippen LogP contribution in [-0.4, -0.2) is 11.2 Å². The molecular formula is C13H12N2. The number of rotatable bonds is 3. The molecular weight excluding hydrogens is 184 g/mol. The maximum Gasteiger partial charge on any atom is 0.0641 e. The topological polar surface area (TPSA) is 25.2 Å². The minimum Gasteiger partial charge on any atom is -0.288 e. The fraction of sp³-hybridized carbons (Fsp3) is 0.0769. The molecule has 0 saturated carbocycles. The van der Waals surface area contributed by atoms with E-state index < -0.39 is 0 Å². The first-order chi connectivity index (χ1) is 7.45. The van der Waals surface area contributed by atoms with Crippen LogP contribution in [-0.2, 0) is 6.54 Å². The lowest BCUT2D eigenvalue weighted by molar-refractivity contribution is 1.06. The Morgan fingerprint density at radius 2 is 1.73 bits per heavy atom. The lowest BCUT2D eigenvalue weighted by atomic mass is 10.2. The zero-order chi connectivity index (χ0) is 10.3. The summed E-state index contributed by atoms with van der Waals surface area (Å²) in [7, 11) is 0. The van der Waals surface area contributed by atoms with Gasteiger partial charge in [-0.1, -0.05) is 30.3 Å². The largest absolute Gasteiger partial charge is 0.288 e. The van der Waals surface area contributed by atoms with E-state index in [0.29, 0.717) is 6.54 Å². The highest BCUT2D eigenvalue weighted by atomic mass is 14.7.